The molecule has 0 saturated carbocycles. The maximum absolute atomic E-state index is 12.8. The number of carbonyl (C=O) groups is 3. The van der Waals surface area contributed by atoms with Crippen molar-refractivity contribution in [2.24, 2.45) is 0 Å². The van der Waals surface area contributed by atoms with Crippen molar-refractivity contribution < 1.29 is 24.6 Å². The second-order valence-corrected chi connectivity index (χ2v) is 9.13. The minimum Gasteiger partial charge on any atom is -0.477 e. The summed E-state index contributed by atoms with van der Waals surface area (Å²) in [6.45, 7) is 0.178. The minimum absolute atomic E-state index is 0.110. The lowest BCUT2D eigenvalue weighted by atomic mass is 10.0. The van der Waals surface area contributed by atoms with E-state index in [9.17, 15) is 24.6 Å². The van der Waals surface area contributed by atoms with E-state index in [2.05, 4.69) is 26.8 Å². The molecule has 13 heteroatoms. The number of nitrogens with zero attached hydrogens (tertiary/aromatic N) is 5. The van der Waals surface area contributed by atoms with Gasteiger partial charge in [0.25, 0.3) is 11.8 Å². The molecule has 170 valence electrons. The monoisotopic (exact) mass is 486 g/mol. The van der Waals surface area contributed by atoms with Gasteiger partial charge < -0.3 is 15.5 Å². The first-order valence-corrected chi connectivity index (χ1v) is 11.7. The summed E-state index contributed by atoms with van der Waals surface area (Å²) in [6, 6.07) is 7.41. The number of thioether (sulfide) groups is 2. The molecule has 2 aliphatic rings. The number of amides is 2. The van der Waals surface area contributed by atoms with Crippen molar-refractivity contribution in [3.05, 3.63) is 47.2 Å². The number of benzene rings is 1. The van der Waals surface area contributed by atoms with E-state index in [0.29, 0.717) is 22.0 Å². The van der Waals surface area contributed by atoms with Crippen LogP contribution in [0.5, 0.6) is 0 Å². The molecule has 1 fully saturated rings. The Labute approximate surface area is 196 Å². The van der Waals surface area contributed by atoms with Crippen molar-refractivity contribution >= 4 is 41.3 Å². The number of tetrazole rings is 1. The first-order chi connectivity index (χ1) is 15.9. The summed E-state index contributed by atoms with van der Waals surface area (Å²) in [4.78, 5) is 38.4. The molecule has 1 aromatic heterocycles. The van der Waals surface area contributed by atoms with Crippen molar-refractivity contribution in [1.29, 1.82) is 0 Å². The summed E-state index contributed by atoms with van der Waals surface area (Å²) in [6.07, 6.45) is 3.86. The van der Waals surface area contributed by atoms with Crippen LogP contribution in [0.15, 0.2) is 46.8 Å². The van der Waals surface area contributed by atoms with Crippen LogP contribution in [0.4, 0.5) is 0 Å². The molecule has 4 rings (SSSR count). The van der Waals surface area contributed by atoms with Crippen LogP contribution in [-0.4, -0.2) is 76.0 Å². The van der Waals surface area contributed by atoms with Gasteiger partial charge in [0.05, 0.1) is 0 Å². The van der Waals surface area contributed by atoms with E-state index >= 15 is 0 Å². The first kappa shape index (κ1) is 22.8. The van der Waals surface area contributed by atoms with Crippen LogP contribution in [0, 0.1) is 12.3 Å². The van der Waals surface area contributed by atoms with Crippen LogP contribution in [0.1, 0.15) is 11.7 Å². The maximum atomic E-state index is 12.8. The molecule has 2 aromatic rings. The van der Waals surface area contributed by atoms with Gasteiger partial charge >= 0.3 is 5.97 Å². The van der Waals surface area contributed by atoms with Crippen LogP contribution in [0.25, 0.3) is 0 Å². The topological polar surface area (TPSA) is 151 Å². The standard InChI is InChI=1S/C20H18N6O5S2/c1-2-8-25-20(22-23-24-25)33-10-12-9-32-18-13(17(29)26(18)14(12)19(30)31)21-16(28)15(27)11-6-4-3-5-7-11/h1,3-7,13,15,18,27H,8-10H2,(H,21,28)(H,30,31)/t13?,15?,18-/m0/s1. The van der Waals surface area contributed by atoms with E-state index in [-0.39, 0.29) is 18.0 Å². The van der Waals surface area contributed by atoms with Gasteiger partial charge in [-0.15, -0.1) is 23.3 Å². The Bertz CT molecular complexity index is 1160. The first-order valence-electron chi connectivity index (χ1n) is 9.68. The molecule has 0 spiro atoms. The van der Waals surface area contributed by atoms with Gasteiger partial charge in [0.1, 0.15) is 23.7 Å². The van der Waals surface area contributed by atoms with Crippen molar-refractivity contribution in [1.82, 2.24) is 30.4 Å². The van der Waals surface area contributed by atoms with E-state index in [4.69, 9.17) is 6.42 Å². The molecule has 11 nitrogen and oxygen atoms in total. The highest BCUT2D eigenvalue weighted by Crippen LogP contribution is 2.41. The molecule has 0 aliphatic carbocycles. The molecular formula is C20H18N6O5S2. The number of rotatable bonds is 8. The van der Waals surface area contributed by atoms with Gasteiger partial charge in [-0.25, -0.2) is 9.48 Å². The lowest BCUT2D eigenvalue weighted by Crippen LogP contribution is -2.70. The maximum Gasteiger partial charge on any atom is 0.352 e. The fraction of sp³-hybridized carbons (Fsp3) is 0.300. The predicted molar refractivity (Wildman–Crippen MR) is 118 cm³/mol. The fourth-order valence-electron chi connectivity index (χ4n) is 3.45. The summed E-state index contributed by atoms with van der Waals surface area (Å²) in [7, 11) is 0. The Morgan fingerprint density at radius 3 is 2.82 bits per heavy atom. The average molecular weight is 487 g/mol. The third-order valence-corrected chi connectivity index (χ3v) is 7.41. The molecule has 3 N–H and O–H groups in total. The Morgan fingerprint density at radius 2 is 2.12 bits per heavy atom. The second kappa shape index (κ2) is 9.65. The van der Waals surface area contributed by atoms with Crippen molar-refractivity contribution in [3.8, 4) is 12.3 Å². The summed E-state index contributed by atoms with van der Waals surface area (Å²) in [5.41, 5.74) is 0.820. The number of aliphatic hydroxyl groups is 1. The lowest BCUT2D eigenvalue weighted by molar-refractivity contribution is -0.151. The number of aliphatic hydroxyl groups excluding tert-OH is 1. The number of fused-ring (bicyclic) bond motifs is 1. The molecule has 0 bridgehead atoms. The third kappa shape index (κ3) is 4.45. The van der Waals surface area contributed by atoms with Crippen molar-refractivity contribution in [2.75, 3.05) is 11.5 Å². The average Bonchev–Trinajstić information content (AvgIpc) is 3.27. The molecule has 3 heterocycles. The molecule has 1 saturated heterocycles. The number of carboxylic acid groups (broad SMARTS) is 1. The van der Waals surface area contributed by atoms with Crippen LogP contribution >= 0.6 is 23.5 Å². The Hall–Kier alpha value is -3.34. The van der Waals surface area contributed by atoms with Gasteiger partial charge in [0.15, 0.2) is 6.10 Å². The zero-order valence-electron chi connectivity index (χ0n) is 17.0. The molecule has 1 aromatic carbocycles. The zero-order valence-corrected chi connectivity index (χ0v) is 18.6. The quantitative estimate of drug-likeness (QED) is 0.261. The van der Waals surface area contributed by atoms with Gasteiger partial charge in [0, 0.05) is 11.5 Å². The summed E-state index contributed by atoms with van der Waals surface area (Å²) < 4.78 is 1.42. The number of carbonyl (C=O) groups excluding carboxylic acids is 2. The molecule has 2 amide bonds. The van der Waals surface area contributed by atoms with Gasteiger partial charge in [-0.3, -0.25) is 14.5 Å². The SMILES string of the molecule is C#CCn1nnnc1SCC1=C(C(=O)O)N2C(=O)C(NC(=O)C(O)c3ccccc3)[C@@H]2SC1. The predicted octanol–water partition coefficient (Wildman–Crippen LogP) is -0.129. The smallest absolute Gasteiger partial charge is 0.352 e. The Kier molecular flexibility index (Phi) is 6.68. The van der Waals surface area contributed by atoms with Crippen molar-refractivity contribution in [2.45, 2.75) is 29.2 Å². The van der Waals surface area contributed by atoms with E-state index in [1.54, 1.807) is 30.3 Å². The van der Waals surface area contributed by atoms with E-state index < -0.39 is 35.3 Å². The highest BCUT2D eigenvalue weighted by atomic mass is 32.2. The summed E-state index contributed by atoms with van der Waals surface area (Å²) >= 11 is 2.56. The molecule has 2 unspecified atom stereocenters. The van der Waals surface area contributed by atoms with Crippen LogP contribution < -0.4 is 5.32 Å². The summed E-state index contributed by atoms with van der Waals surface area (Å²) in [5.74, 6) is 0.526. The number of terminal acetylenes is 1. The van der Waals surface area contributed by atoms with Gasteiger partial charge in [-0.2, -0.15) is 0 Å². The molecular weight excluding hydrogens is 468 g/mol. The number of hydrogen-bond acceptors (Lipinski definition) is 9. The van der Waals surface area contributed by atoms with Gasteiger partial charge in [0.2, 0.25) is 5.16 Å². The molecule has 33 heavy (non-hydrogen) atoms. The number of nitrogens with one attached hydrogen (secondary N) is 1. The number of aromatic nitrogens is 4. The van der Waals surface area contributed by atoms with Gasteiger partial charge in [-0.05, 0) is 21.6 Å². The number of β-lactam (4-membered cyclic amide) rings is 1. The number of hydrogen-bond donors (Lipinski definition) is 3. The number of carboxylic acids is 1. The van der Waals surface area contributed by atoms with E-state index in [0.717, 1.165) is 0 Å². The van der Waals surface area contributed by atoms with E-state index in [1.165, 1.54) is 33.1 Å². The Morgan fingerprint density at radius 1 is 1.36 bits per heavy atom. The largest absolute Gasteiger partial charge is 0.477 e. The van der Waals surface area contributed by atoms with Gasteiger partial charge in [-0.1, -0.05) is 48.0 Å². The van der Waals surface area contributed by atoms with Crippen molar-refractivity contribution in [3.63, 3.8) is 0 Å². The van der Waals surface area contributed by atoms with Crippen LogP contribution in [0.2, 0.25) is 0 Å². The van der Waals surface area contributed by atoms with Crippen LogP contribution in [-0.2, 0) is 20.9 Å². The number of aliphatic carboxylic acids is 1. The third-order valence-electron chi connectivity index (χ3n) is 5.03. The molecule has 2 aliphatic heterocycles. The van der Waals surface area contributed by atoms with Crippen LogP contribution in [0.3, 0.4) is 0 Å². The highest BCUT2D eigenvalue weighted by molar-refractivity contribution is 8.01. The second-order valence-electron chi connectivity index (χ2n) is 7.08. The van der Waals surface area contributed by atoms with E-state index in [1.807, 2.05) is 0 Å². The Balaban J connectivity index is 1.46. The highest BCUT2D eigenvalue weighted by Gasteiger charge is 2.54. The zero-order chi connectivity index (χ0) is 23.5. The summed E-state index contributed by atoms with van der Waals surface area (Å²) in [5, 5.41) is 33.7. The fourth-order valence-corrected chi connectivity index (χ4v) is 5.81. The minimum atomic E-state index is -1.43. The molecule has 3 atom stereocenters. The normalized spacial score (nSPS) is 20.5. The molecule has 0 radical (unpaired) electrons. The lowest BCUT2D eigenvalue weighted by Gasteiger charge is -2.49.